The highest BCUT2D eigenvalue weighted by Crippen LogP contribution is 2.32. The van der Waals surface area contributed by atoms with Gasteiger partial charge in [0.2, 0.25) is 0 Å². The molecule has 0 N–H and O–H groups in total. The molecule has 168 valence electrons. The summed E-state index contributed by atoms with van der Waals surface area (Å²) in [6.45, 7) is 5.54. The van der Waals surface area contributed by atoms with Crippen molar-refractivity contribution in [1.29, 1.82) is 0 Å². The molecule has 0 saturated carbocycles. The molecule has 6 heteroatoms. The summed E-state index contributed by atoms with van der Waals surface area (Å²) in [5.74, 6) is -0.677. The molecule has 1 unspecified atom stereocenters. The Balaban J connectivity index is 1.40. The smallest absolute Gasteiger partial charge is 0.338 e. The average Bonchev–Trinajstić information content (AvgIpc) is 3.09. The third-order valence-corrected chi connectivity index (χ3v) is 5.99. The quantitative estimate of drug-likeness (QED) is 0.384. The van der Waals surface area contributed by atoms with Crippen LogP contribution in [0.4, 0.5) is 0 Å². The summed E-state index contributed by atoms with van der Waals surface area (Å²) in [6.07, 6.45) is -0.735. The van der Waals surface area contributed by atoms with Crippen molar-refractivity contribution in [2.24, 2.45) is 0 Å². The zero-order chi connectivity index (χ0) is 23.6. The van der Waals surface area contributed by atoms with Gasteiger partial charge >= 0.3 is 5.97 Å². The molecule has 2 amide bonds. The first-order valence-electron chi connectivity index (χ1n) is 10.7. The van der Waals surface area contributed by atoms with E-state index in [9.17, 15) is 14.4 Å². The molecule has 0 aromatic heterocycles. The van der Waals surface area contributed by atoms with Crippen LogP contribution >= 0.6 is 0 Å². The summed E-state index contributed by atoms with van der Waals surface area (Å²) in [6, 6.07) is 23.2. The summed E-state index contributed by atoms with van der Waals surface area (Å²) in [4.78, 5) is 39.6. The predicted octanol–water partition coefficient (Wildman–Crippen LogP) is 4.89. The van der Waals surface area contributed by atoms with Crippen LogP contribution in [0.3, 0.4) is 0 Å². The van der Waals surface area contributed by atoms with Gasteiger partial charge in [0.15, 0.2) is 0 Å². The second kappa shape index (κ2) is 8.90. The standard InChI is InChI=1S/C27H25NO5/c1-18(27(2,3)28-24(29)22-11-7-8-12-23(22)25(28)30)33-26(31)20-13-15-21(16-14-20)32-17-19-9-5-4-6-10-19/h4-16,18H,17H2,1-3H3. The van der Waals surface area contributed by atoms with E-state index in [1.165, 1.54) is 4.90 Å². The van der Waals surface area contributed by atoms with E-state index in [0.29, 0.717) is 29.0 Å². The third-order valence-electron chi connectivity index (χ3n) is 5.99. The van der Waals surface area contributed by atoms with Gasteiger partial charge < -0.3 is 9.47 Å². The molecule has 4 rings (SSSR count). The second-order valence-electron chi connectivity index (χ2n) is 8.49. The molecule has 1 atom stereocenters. The van der Waals surface area contributed by atoms with E-state index >= 15 is 0 Å². The molecule has 0 fully saturated rings. The molecule has 0 spiro atoms. The lowest BCUT2D eigenvalue weighted by Gasteiger charge is -2.38. The van der Waals surface area contributed by atoms with Crippen molar-refractivity contribution in [3.8, 4) is 5.75 Å². The van der Waals surface area contributed by atoms with Crippen LogP contribution in [0.25, 0.3) is 0 Å². The minimum absolute atomic E-state index is 0.354. The highest BCUT2D eigenvalue weighted by atomic mass is 16.5. The van der Waals surface area contributed by atoms with Crippen molar-refractivity contribution >= 4 is 17.8 Å². The van der Waals surface area contributed by atoms with E-state index in [-0.39, 0.29) is 11.8 Å². The maximum absolute atomic E-state index is 12.9. The zero-order valence-corrected chi connectivity index (χ0v) is 18.8. The molecule has 0 aliphatic carbocycles. The van der Waals surface area contributed by atoms with Crippen LogP contribution in [0.15, 0.2) is 78.9 Å². The Hall–Kier alpha value is -3.93. The number of hydrogen-bond acceptors (Lipinski definition) is 5. The molecule has 6 nitrogen and oxygen atoms in total. The molecular formula is C27H25NO5. The molecule has 3 aromatic rings. The van der Waals surface area contributed by atoms with Crippen molar-refractivity contribution in [2.75, 3.05) is 0 Å². The zero-order valence-electron chi connectivity index (χ0n) is 18.8. The fourth-order valence-corrected chi connectivity index (χ4v) is 3.70. The Morgan fingerprint density at radius 2 is 1.39 bits per heavy atom. The predicted molar refractivity (Wildman–Crippen MR) is 123 cm³/mol. The Labute approximate surface area is 192 Å². The van der Waals surface area contributed by atoms with E-state index in [4.69, 9.17) is 9.47 Å². The molecule has 0 saturated heterocycles. The molecule has 3 aromatic carbocycles. The number of rotatable bonds is 7. The maximum atomic E-state index is 12.9. The summed E-state index contributed by atoms with van der Waals surface area (Å²) < 4.78 is 11.4. The number of fused-ring (bicyclic) bond motifs is 1. The lowest BCUT2D eigenvalue weighted by atomic mass is 9.96. The van der Waals surface area contributed by atoms with Gasteiger partial charge in [-0.15, -0.1) is 0 Å². The Morgan fingerprint density at radius 3 is 1.97 bits per heavy atom. The average molecular weight is 443 g/mol. The van der Waals surface area contributed by atoms with E-state index in [1.807, 2.05) is 30.3 Å². The van der Waals surface area contributed by atoms with E-state index < -0.39 is 17.6 Å². The lowest BCUT2D eigenvalue weighted by Crippen LogP contribution is -2.55. The van der Waals surface area contributed by atoms with Crippen molar-refractivity contribution in [3.63, 3.8) is 0 Å². The number of ether oxygens (including phenoxy) is 2. The first-order valence-corrected chi connectivity index (χ1v) is 10.7. The monoisotopic (exact) mass is 443 g/mol. The normalized spacial score (nSPS) is 14.1. The number of carbonyl (C=O) groups excluding carboxylic acids is 3. The largest absolute Gasteiger partial charge is 0.489 e. The first kappa shape index (κ1) is 22.3. The van der Waals surface area contributed by atoms with Gasteiger partial charge in [0.1, 0.15) is 18.5 Å². The number of imide groups is 1. The van der Waals surface area contributed by atoms with Gasteiger partial charge in [-0.1, -0.05) is 42.5 Å². The van der Waals surface area contributed by atoms with Gasteiger partial charge in [-0.3, -0.25) is 14.5 Å². The number of esters is 1. The fourth-order valence-electron chi connectivity index (χ4n) is 3.70. The first-order chi connectivity index (χ1) is 15.8. The second-order valence-corrected chi connectivity index (χ2v) is 8.49. The van der Waals surface area contributed by atoms with Gasteiger partial charge in [0, 0.05) is 0 Å². The van der Waals surface area contributed by atoms with Crippen LogP contribution in [0.5, 0.6) is 5.75 Å². The Bertz CT molecular complexity index is 1150. The van der Waals surface area contributed by atoms with Crippen LogP contribution in [-0.2, 0) is 11.3 Å². The van der Waals surface area contributed by atoms with Gasteiger partial charge in [0.25, 0.3) is 11.8 Å². The van der Waals surface area contributed by atoms with Gasteiger partial charge in [0.05, 0.1) is 22.2 Å². The summed E-state index contributed by atoms with van der Waals surface area (Å²) in [7, 11) is 0. The molecule has 1 aliphatic rings. The number of benzene rings is 3. The minimum atomic E-state index is -1.04. The Kier molecular flexibility index (Phi) is 6.01. The molecular weight excluding hydrogens is 418 g/mol. The molecule has 1 aliphatic heterocycles. The Morgan fingerprint density at radius 1 is 0.848 bits per heavy atom. The lowest BCUT2D eigenvalue weighted by molar-refractivity contribution is -0.0155. The van der Waals surface area contributed by atoms with Crippen LogP contribution in [0.1, 0.15) is 57.4 Å². The number of carbonyl (C=O) groups is 3. The van der Waals surface area contributed by atoms with Gasteiger partial charge in [-0.05, 0) is 62.7 Å². The highest BCUT2D eigenvalue weighted by molar-refractivity contribution is 6.21. The molecule has 1 heterocycles. The minimum Gasteiger partial charge on any atom is -0.489 e. The third kappa shape index (κ3) is 4.37. The summed E-state index contributed by atoms with van der Waals surface area (Å²) in [5, 5.41) is 0. The van der Waals surface area contributed by atoms with Crippen LogP contribution in [0.2, 0.25) is 0 Å². The van der Waals surface area contributed by atoms with Gasteiger partial charge in [-0.25, -0.2) is 4.79 Å². The van der Waals surface area contributed by atoms with E-state index in [2.05, 4.69) is 0 Å². The van der Waals surface area contributed by atoms with Crippen LogP contribution in [0, 0.1) is 0 Å². The molecule has 0 radical (unpaired) electrons. The van der Waals surface area contributed by atoms with Crippen molar-refractivity contribution in [1.82, 2.24) is 4.90 Å². The van der Waals surface area contributed by atoms with E-state index in [1.54, 1.807) is 69.3 Å². The summed E-state index contributed by atoms with van der Waals surface area (Å²) >= 11 is 0. The van der Waals surface area contributed by atoms with Crippen LogP contribution in [-0.4, -0.2) is 34.3 Å². The SMILES string of the molecule is CC(OC(=O)c1ccc(OCc2ccccc2)cc1)C(C)(C)N1C(=O)c2ccccc2C1=O. The number of amides is 2. The number of hydrogen-bond donors (Lipinski definition) is 0. The molecule has 33 heavy (non-hydrogen) atoms. The van der Waals surface area contributed by atoms with Crippen LogP contribution < -0.4 is 4.74 Å². The van der Waals surface area contributed by atoms with E-state index in [0.717, 1.165) is 5.56 Å². The molecule has 0 bridgehead atoms. The highest BCUT2D eigenvalue weighted by Gasteiger charge is 2.47. The maximum Gasteiger partial charge on any atom is 0.338 e. The summed E-state index contributed by atoms with van der Waals surface area (Å²) in [5.41, 5.74) is 1.08. The number of nitrogens with zero attached hydrogens (tertiary/aromatic N) is 1. The fraction of sp³-hybridized carbons (Fsp3) is 0.222. The van der Waals surface area contributed by atoms with Gasteiger partial charge in [-0.2, -0.15) is 0 Å². The van der Waals surface area contributed by atoms with Crippen molar-refractivity contribution in [3.05, 3.63) is 101 Å². The topological polar surface area (TPSA) is 72.9 Å². The van der Waals surface area contributed by atoms with Crippen molar-refractivity contribution in [2.45, 2.75) is 39.0 Å². The van der Waals surface area contributed by atoms with Crippen molar-refractivity contribution < 1.29 is 23.9 Å².